The van der Waals surface area contributed by atoms with Crippen molar-refractivity contribution >= 4 is 34.1 Å². The van der Waals surface area contributed by atoms with E-state index in [9.17, 15) is 14.4 Å². The molecule has 0 fully saturated rings. The van der Waals surface area contributed by atoms with E-state index in [0.717, 1.165) is 29.7 Å². The summed E-state index contributed by atoms with van der Waals surface area (Å²) in [6.45, 7) is 5.62. The van der Waals surface area contributed by atoms with Crippen LogP contribution < -0.4 is 5.32 Å². The molecule has 0 radical (unpaired) electrons. The van der Waals surface area contributed by atoms with Crippen LogP contribution in [0.2, 0.25) is 0 Å². The molecule has 2 aromatic heterocycles. The van der Waals surface area contributed by atoms with Crippen LogP contribution in [-0.4, -0.2) is 42.4 Å². The van der Waals surface area contributed by atoms with Gasteiger partial charge in [0, 0.05) is 11.9 Å². The summed E-state index contributed by atoms with van der Waals surface area (Å²) in [4.78, 5) is 40.0. The van der Waals surface area contributed by atoms with Gasteiger partial charge in [0.2, 0.25) is 5.91 Å². The molecule has 1 unspecified atom stereocenters. The number of carbonyl (C=O) groups excluding carboxylic acids is 3. The number of fused-ring (bicyclic) bond motifs is 1. The third kappa shape index (κ3) is 4.87. The molecular weight excluding hydrogens is 392 g/mol. The fourth-order valence-corrected chi connectivity index (χ4v) is 4.78. The number of esters is 1. The number of furan rings is 1. The maximum atomic E-state index is 12.7. The van der Waals surface area contributed by atoms with Gasteiger partial charge < -0.3 is 19.4 Å². The van der Waals surface area contributed by atoms with Crippen LogP contribution in [0, 0.1) is 5.92 Å². The van der Waals surface area contributed by atoms with Crippen LogP contribution in [-0.2, 0) is 22.4 Å². The monoisotopic (exact) mass is 418 g/mol. The molecular formula is C21H26N2O5S. The highest BCUT2D eigenvalue weighted by Gasteiger charge is 2.30. The average molecular weight is 419 g/mol. The lowest BCUT2D eigenvalue weighted by Crippen LogP contribution is -2.34. The van der Waals surface area contributed by atoms with Crippen LogP contribution >= 0.6 is 11.3 Å². The molecule has 0 aromatic carbocycles. The number of anilines is 1. The Bertz CT molecular complexity index is 901. The zero-order valence-electron chi connectivity index (χ0n) is 17.1. The predicted molar refractivity (Wildman–Crippen MR) is 110 cm³/mol. The van der Waals surface area contributed by atoms with Crippen molar-refractivity contribution in [3.63, 3.8) is 0 Å². The number of nitrogens with one attached hydrogen (secondary N) is 1. The highest BCUT2D eigenvalue weighted by Crippen LogP contribution is 2.40. The van der Waals surface area contributed by atoms with Gasteiger partial charge in [-0.3, -0.25) is 9.59 Å². The van der Waals surface area contributed by atoms with E-state index >= 15 is 0 Å². The minimum Gasteiger partial charge on any atom is -0.459 e. The number of amides is 2. The lowest BCUT2D eigenvalue weighted by Gasteiger charge is -2.19. The first-order chi connectivity index (χ1) is 13.8. The number of hydrogen-bond donors (Lipinski definition) is 1. The Balaban J connectivity index is 1.77. The summed E-state index contributed by atoms with van der Waals surface area (Å²) >= 11 is 1.43. The number of ether oxygens (including phenoxy) is 1. The van der Waals surface area contributed by atoms with Gasteiger partial charge in [-0.05, 0) is 56.7 Å². The van der Waals surface area contributed by atoms with Crippen LogP contribution in [0.3, 0.4) is 0 Å². The van der Waals surface area contributed by atoms with Gasteiger partial charge in [-0.25, -0.2) is 4.79 Å². The molecule has 2 aromatic rings. The van der Waals surface area contributed by atoms with Gasteiger partial charge in [0.05, 0.1) is 24.5 Å². The van der Waals surface area contributed by atoms with E-state index in [2.05, 4.69) is 12.2 Å². The van der Waals surface area contributed by atoms with Crippen LogP contribution in [0.5, 0.6) is 0 Å². The van der Waals surface area contributed by atoms with E-state index in [1.165, 1.54) is 29.5 Å². The molecule has 3 rings (SSSR count). The molecule has 1 aliphatic rings. The number of thiophene rings is 1. The van der Waals surface area contributed by atoms with Gasteiger partial charge in [0.15, 0.2) is 5.76 Å². The highest BCUT2D eigenvalue weighted by molar-refractivity contribution is 7.17. The Morgan fingerprint density at radius 3 is 2.79 bits per heavy atom. The summed E-state index contributed by atoms with van der Waals surface area (Å²) in [7, 11) is 1.53. The van der Waals surface area contributed by atoms with Crippen molar-refractivity contribution in [3.8, 4) is 0 Å². The van der Waals surface area contributed by atoms with Gasteiger partial charge in [-0.1, -0.05) is 6.92 Å². The van der Waals surface area contributed by atoms with Crippen molar-refractivity contribution in [2.75, 3.05) is 18.9 Å². The molecule has 2 amide bonds. The van der Waals surface area contributed by atoms with Crippen LogP contribution in [0.25, 0.3) is 0 Å². The fourth-order valence-electron chi connectivity index (χ4n) is 3.37. The topological polar surface area (TPSA) is 88.9 Å². The Labute approximate surface area is 174 Å². The first-order valence-corrected chi connectivity index (χ1v) is 10.5. The Hall–Kier alpha value is -2.61. The number of likely N-dealkylation sites (N-methyl/N-ethyl adjacent to an activating group) is 1. The Kier molecular flexibility index (Phi) is 6.42. The first kappa shape index (κ1) is 21.1. The van der Waals surface area contributed by atoms with E-state index in [-0.39, 0.29) is 30.2 Å². The number of rotatable bonds is 6. The van der Waals surface area contributed by atoms with E-state index in [1.54, 1.807) is 26.0 Å². The molecule has 7 nitrogen and oxygen atoms in total. The molecule has 0 bridgehead atoms. The van der Waals surface area contributed by atoms with Crippen molar-refractivity contribution in [2.45, 2.75) is 46.1 Å². The molecule has 1 atom stereocenters. The maximum Gasteiger partial charge on any atom is 0.341 e. The fraction of sp³-hybridized carbons (Fsp3) is 0.476. The Morgan fingerprint density at radius 1 is 1.38 bits per heavy atom. The number of carbonyl (C=O) groups is 3. The minimum absolute atomic E-state index is 0.156. The zero-order chi connectivity index (χ0) is 21.1. The van der Waals surface area contributed by atoms with Gasteiger partial charge in [-0.2, -0.15) is 0 Å². The van der Waals surface area contributed by atoms with Crippen LogP contribution in [0.15, 0.2) is 22.8 Å². The second-order valence-corrected chi connectivity index (χ2v) is 8.80. The van der Waals surface area contributed by atoms with Gasteiger partial charge in [0.1, 0.15) is 5.00 Å². The van der Waals surface area contributed by atoms with E-state index in [4.69, 9.17) is 9.15 Å². The molecule has 0 spiro atoms. The Morgan fingerprint density at radius 2 is 2.14 bits per heavy atom. The molecule has 0 aliphatic heterocycles. The van der Waals surface area contributed by atoms with Crippen molar-refractivity contribution in [1.29, 1.82) is 0 Å². The smallest absolute Gasteiger partial charge is 0.341 e. The van der Waals surface area contributed by atoms with E-state index in [1.807, 2.05) is 0 Å². The lowest BCUT2D eigenvalue weighted by atomic mass is 9.88. The summed E-state index contributed by atoms with van der Waals surface area (Å²) in [6.07, 6.45) is 3.84. The third-order valence-corrected chi connectivity index (χ3v) is 5.94. The third-order valence-electron chi connectivity index (χ3n) is 4.77. The van der Waals surface area contributed by atoms with E-state index in [0.29, 0.717) is 16.5 Å². The zero-order valence-corrected chi connectivity index (χ0v) is 17.9. The second kappa shape index (κ2) is 8.82. The van der Waals surface area contributed by atoms with Gasteiger partial charge in [0.25, 0.3) is 5.91 Å². The van der Waals surface area contributed by atoms with E-state index < -0.39 is 5.97 Å². The normalized spacial score (nSPS) is 15.7. The molecule has 1 N–H and O–H groups in total. The largest absolute Gasteiger partial charge is 0.459 e. The second-order valence-electron chi connectivity index (χ2n) is 7.70. The minimum atomic E-state index is -0.414. The average Bonchev–Trinajstić information content (AvgIpc) is 3.27. The first-order valence-electron chi connectivity index (χ1n) is 9.70. The van der Waals surface area contributed by atoms with Crippen molar-refractivity contribution in [3.05, 3.63) is 40.2 Å². The summed E-state index contributed by atoms with van der Waals surface area (Å²) < 4.78 is 10.5. The van der Waals surface area contributed by atoms with Crippen molar-refractivity contribution in [1.82, 2.24) is 4.90 Å². The lowest BCUT2D eigenvalue weighted by molar-refractivity contribution is -0.116. The van der Waals surface area contributed by atoms with Gasteiger partial charge in [-0.15, -0.1) is 11.3 Å². The molecule has 1 aliphatic carbocycles. The molecule has 2 heterocycles. The number of nitrogens with zero attached hydrogens (tertiary/aromatic N) is 1. The standard InChI is InChI=1S/C21H26N2O5S/c1-12(2)28-21(26)18-14-8-7-13(3)10-16(14)29-19(18)22-17(24)11-23(4)20(25)15-6-5-9-27-15/h5-6,9,12-13H,7-8,10-11H2,1-4H3,(H,22,24). The maximum absolute atomic E-state index is 12.7. The summed E-state index contributed by atoms with van der Waals surface area (Å²) in [5, 5.41) is 3.32. The molecule has 8 heteroatoms. The summed E-state index contributed by atoms with van der Waals surface area (Å²) in [6, 6.07) is 3.16. The van der Waals surface area contributed by atoms with Crippen LogP contribution in [0.1, 0.15) is 58.5 Å². The molecule has 29 heavy (non-hydrogen) atoms. The molecule has 0 saturated carbocycles. The van der Waals surface area contributed by atoms with Gasteiger partial charge >= 0.3 is 5.97 Å². The SMILES string of the molecule is CC1CCc2c(sc(NC(=O)CN(C)C(=O)c3ccco3)c2C(=O)OC(C)C)C1. The summed E-state index contributed by atoms with van der Waals surface area (Å²) in [5.41, 5.74) is 1.44. The number of hydrogen-bond acceptors (Lipinski definition) is 6. The molecule has 156 valence electrons. The quantitative estimate of drug-likeness (QED) is 0.722. The van der Waals surface area contributed by atoms with Crippen LogP contribution in [0.4, 0.5) is 5.00 Å². The van der Waals surface area contributed by atoms with Crippen molar-refractivity contribution in [2.24, 2.45) is 5.92 Å². The molecule has 0 saturated heterocycles. The summed E-state index contributed by atoms with van der Waals surface area (Å²) in [5.74, 6) is -0.471. The predicted octanol–water partition coefficient (Wildman–Crippen LogP) is 3.74. The van der Waals surface area contributed by atoms with Crippen molar-refractivity contribution < 1.29 is 23.5 Å². The highest BCUT2D eigenvalue weighted by atomic mass is 32.1.